The first-order valence-electron chi connectivity index (χ1n) is 7.57. The minimum Gasteiger partial charge on any atom is -0.481 e. The second kappa shape index (κ2) is 7.61. The molecule has 1 saturated heterocycles. The Kier molecular flexibility index (Phi) is 5.81. The molecule has 7 nitrogen and oxygen atoms in total. The Morgan fingerprint density at radius 3 is 2.52 bits per heavy atom. The van der Waals surface area contributed by atoms with E-state index in [1.54, 1.807) is 0 Å². The highest BCUT2D eigenvalue weighted by Crippen LogP contribution is 2.35. The maximum absolute atomic E-state index is 11.8. The minimum absolute atomic E-state index is 0.132. The van der Waals surface area contributed by atoms with Crippen molar-refractivity contribution in [1.29, 1.82) is 0 Å². The molecule has 3 N–H and O–H groups in total. The topological polar surface area (TPSA) is 96.9 Å². The molecule has 1 aliphatic carbocycles. The van der Waals surface area contributed by atoms with Crippen LogP contribution < -0.4 is 10.6 Å². The average molecular weight is 300 g/mol. The lowest BCUT2D eigenvalue weighted by Crippen LogP contribution is -2.49. The fourth-order valence-electron chi connectivity index (χ4n) is 2.87. The van der Waals surface area contributed by atoms with E-state index in [1.807, 2.05) is 0 Å². The van der Waals surface area contributed by atoms with Crippen LogP contribution in [0, 0.1) is 5.41 Å². The molecule has 0 aromatic rings. The molecule has 1 unspecified atom stereocenters. The van der Waals surface area contributed by atoms with Crippen molar-refractivity contribution < 1.29 is 24.2 Å². The van der Waals surface area contributed by atoms with Crippen LogP contribution in [0.1, 0.15) is 32.1 Å². The van der Waals surface area contributed by atoms with Crippen molar-refractivity contribution in [2.24, 2.45) is 5.41 Å². The molecule has 0 aromatic carbocycles. The number of amides is 2. The van der Waals surface area contributed by atoms with Crippen molar-refractivity contribution >= 4 is 12.0 Å². The first-order chi connectivity index (χ1) is 10.1. The number of aliphatic carboxylic acids is 1. The molecular weight excluding hydrogens is 276 g/mol. The van der Waals surface area contributed by atoms with Crippen molar-refractivity contribution in [3.8, 4) is 0 Å². The summed E-state index contributed by atoms with van der Waals surface area (Å²) in [6, 6.07) is -0.352. The van der Waals surface area contributed by atoms with Crippen LogP contribution in [0.5, 0.6) is 0 Å². The van der Waals surface area contributed by atoms with Crippen molar-refractivity contribution in [1.82, 2.24) is 10.6 Å². The summed E-state index contributed by atoms with van der Waals surface area (Å²) in [4.78, 5) is 23.3. The summed E-state index contributed by atoms with van der Waals surface area (Å²) in [5.74, 6) is -0.813. The molecule has 1 saturated carbocycles. The van der Waals surface area contributed by atoms with Gasteiger partial charge in [0, 0.05) is 13.1 Å². The zero-order valence-corrected chi connectivity index (χ0v) is 12.2. The van der Waals surface area contributed by atoms with E-state index in [9.17, 15) is 14.7 Å². The monoisotopic (exact) mass is 300 g/mol. The fourth-order valence-corrected chi connectivity index (χ4v) is 2.87. The van der Waals surface area contributed by atoms with Gasteiger partial charge >= 0.3 is 12.0 Å². The van der Waals surface area contributed by atoms with Crippen LogP contribution in [-0.4, -0.2) is 56.1 Å². The van der Waals surface area contributed by atoms with E-state index in [1.165, 1.54) is 0 Å². The van der Waals surface area contributed by atoms with Crippen LogP contribution in [-0.2, 0) is 14.3 Å². The summed E-state index contributed by atoms with van der Waals surface area (Å²) in [6.45, 7) is 2.14. The maximum atomic E-state index is 11.8. The van der Waals surface area contributed by atoms with Gasteiger partial charge < -0.3 is 25.2 Å². The zero-order valence-electron chi connectivity index (χ0n) is 12.2. The normalized spacial score (nSPS) is 25.0. The van der Waals surface area contributed by atoms with E-state index in [-0.39, 0.29) is 18.7 Å². The third-order valence-electron chi connectivity index (χ3n) is 4.23. The smallest absolute Gasteiger partial charge is 0.314 e. The number of carbonyl (C=O) groups is 2. The Labute approximate surface area is 124 Å². The molecule has 1 aliphatic heterocycles. The molecule has 2 amide bonds. The standard InChI is InChI=1S/C14H24N2O5/c17-12(18)14(4-2-1-3-5-14)10-16-13(19)15-8-11-9-20-6-7-21-11/h11H,1-10H2,(H,17,18)(H2,15,16,19). The Bertz CT molecular complexity index is 362. The van der Waals surface area contributed by atoms with E-state index in [2.05, 4.69) is 10.6 Å². The molecule has 1 heterocycles. The SMILES string of the molecule is O=C(NCC1COCCO1)NCC1(C(=O)O)CCCCC1. The number of carbonyl (C=O) groups excluding carboxylic acids is 1. The van der Waals surface area contributed by atoms with Gasteiger partial charge in [0.25, 0.3) is 0 Å². The molecule has 7 heteroatoms. The van der Waals surface area contributed by atoms with Gasteiger partial charge in [-0.3, -0.25) is 4.79 Å². The van der Waals surface area contributed by atoms with Crippen molar-refractivity contribution in [3.05, 3.63) is 0 Å². The molecule has 2 aliphatic rings. The van der Waals surface area contributed by atoms with Crippen LogP contribution in [0.15, 0.2) is 0 Å². The van der Waals surface area contributed by atoms with Gasteiger partial charge in [0.2, 0.25) is 0 Å². The second-order valence-corrected chi connectivity index (χ2v) is 5.78. The van der Waals surface area contributed by atoms with Crippen LogP contribution in [0.4, 0.5) is 4.79 Å². The first kappa shape index (κ1) is 16.0. The number of carboxylic acid groups (broad SMARTS) is 1. The predicted molar refractivity (Wildman–Crippen MR) is 75.1 cm³/mol. The van der Waals surface area contributed by atoms with E-state index >= 15 is 0 Å². The molecule has 21 heavy (non-hydrogen) atoms. The molecule has 0 radical (unpaired) electrons. The quantitative estimate of drug-likeness (QED) is 0.695. The molecular formula is C14H24N2O5. The van der Waals surface area contributed by atoms with Gasteiger partial charge in [-0.05, 0) is 12.8 Å². The van der Waals surface area contributed by atoms with Gasteiger partial charge in [0.1, 0.15) is 0 Å². The highest BCUT2D eigenvalue weighted by Gasteiger charge is 2.39. The highest BCUT2D eigenvalue weighted by molar-refractivity contribution is 5.78. The third-order valence-corrected chi connectivity index (χ3v) is 4.23. The Morgan fingerprint density at radius 1 is 1.14 bits per heavy atom. The maximum Gasteiger partial charge on any atom is 0.314 e. The number of hydrogen-bond acceptors (Lipinski definition) is 4. The summed E-state index contributed by atoms with van der Waals surface area (Å²) in [5, 5.41) is 14.8. The summed E-state index contributed by atoms with van der Waals surface area (Å²) < 4.78 is 10.7. The molecule has 0 aromatic heterocycles. The summed E-state index contributed by atoms with van der Waals surface area (Å²) >= 11 is 0. The van der Waals surface area contributed by atoms with Gasteiger partial charge in [0.15, 0.2) is 0 Å². The van der Waals surface area contributed by atoms with Gasteiger partial charge in [-0.2, -0.15) is 0 Å². The molecule has 1 atom stereocenters. The summed E-state index contributed by atoms with van der Waals surface area (Å²) in [6.07, 6.45) is 4.00. The largest absolute Gasteiger partial charge is 0.481 e. The lowest BCUT2D eigenvalue weighted by atomic mass is 9.74. The van der Waals surface area contributed by atoms with Crippen molar-refractivity contribution in [2.75, 3.05) is 32.9 Å². The van der Waals surface area contributed by atoms with Crippen LogP contribution in [0.2, 0.25) is 0 Å². The first-order valence-corrected chi connectivity index (χ1v) is 7.57. The van der Waals surface area contributed by atoms with E-state index < -0.39 is 11.4 Å². The number of hydrogen-bond donors (Lipinski definition) is 3. The highest BCUT2D eigenvalue weighted by atomic mass is 16.6. The van der Waals surface area contributed by atoms with Crippen molar-refractivity contribution in [2.45, 2.75) is 38.2 Å². The fraction of sp³-hybridized carbons (Fsp3) is 0.857. The Balaban J connectivity index is 1.72. The lowest BCUT2D eigenvalue weighted by molar-refractivity contribution is -0.150. The minimum atomic E-state index is -0.813. The molecule has 2 rings (SSSR count). The van der Waals surface area contributed by atoms with E-state index in [4.69, 9.17) is 9.47 Å². The van der Waals surface area contributed by atoms with Crippen LogP contribution in [0.3, 0.4) is 0 Å². The van der Waals surface area contributed by atoms with Gasteiger partial charge in [-0.1, -0.05) is 19.3 Å². The Hall–Kier alpha value is -1.34. The molecule has 0 bridgehead atoms. The second-order valence-electron chi connectivity index (χ2n) is 5.78. The average Bonchev–Trinajstić information content (AvgIpc) is 2.52. The van der Waals surface area contributed by atoms with Crippen LogP contribution in [0.25, 0.3) is 0 Å². The number of ether oxygens (including phenoxy) is 2. The third kappa shape index (κ3) is 4.57. The van der Waals surface area contributed by atoms with Gasteiger partial charge in [-0.15, -0.1) is 0 Å². The van der Waals surface area contributed by atoms with E-state index in [0.29, 0.717) is 39.2 Å². The van der Waals surface area contributed by atoms with E-state index in [0.717, 1.165) is 19.3 Å². The summed E-state index contributed by atoms with van der Waals surface area (Å²) in [5.41, 5.74) is -0.806. The van der Waals surface area contributed by atoms with Gasteiger partial charge in [0.05, 0.1) is 31.3 Å². The zero-order chi connectivity index (χ0) is 15.1. The number of rotatable bonds is 5. The number of carboxylic acids is 1. The lowest BCUT2D eigenvalue weighted by Gasteiger charge is -2.33. The molecule has 120 valence electrons. The van der Waals surface area contributed by atoms with Crippen LogP contribution >= 0.6 is 0 Å². The predicted octanol–water partition coefficient (Wildman–Crippen LogP) is 0.736. The Morgan fingerprint density at radius 2 is 1.90 bits per heavy atom. The number of urea groups is 1. The number of nitrogens with one attached hydrogen (secondary N) is 2. The summed E-state index contributed by atoms with van der Waals surface area (Å²) in [7, 11) is 0. The van der Waals surface area contributed by atoms with Gasteiger partial charge in [-0.25, -0.2) is 4.79 Å². The van der Waals surface area contributed by atoms with Crippen molar-refractivity contribution in [3.63, 3.8) is 0 Å². The molecule has 2 fully saturated rings. The molecule has 0 spiro atoms.